The molecule has 0 saturated carbocycles. The first-order valence-corrected chi connectivity index (χ1v) is 6.15. The topological polar surface area (TPSA) is 42.7 Å². The standard InChI is InChI=1S/C14H15NO3/c16-13-9-11(10-15-5-7-17-8-6-15)18-14-4-2-1-3-12(13)14/h1-4,9H,5-8,10H2. The fraction of sp³-hybridized carbons (Fsp3) is 0.357. The van der Waals surface area contributed by atoms with Crippen molar-refractivity contribution in [2.24, 2.45) is 0 Å². The van der Waals surface area contributed by atoms with Gasteiger partial charge in [-0.05, 0) is 12.1 Å². The zero-order valence-corrected chi connectivity index (χ0v) is 10.1. The third-order valence-corrected chi connectivity index (χ3v) is 3.17. The van der Waals surface area contributed by atoms with Crippen molar-refractivity contribution in [1.82, 2.24) is 4.90 Å². The second-order valence-corrected chi connectivity index (χ2v) is 4.46. The SMILES string of the molecule is O=c1cc(CN2CCOCC2)oc2ccccc12. The van der Waals surface area contributed by atoms with E-state index in [2.05, 4.69) is 4.90 Å². The molecule has 1 aromatic carbocycles. The van der Waals surface area contributed by atoms with E-state index in [4.69, 9.17) is 9.15 Å². The second-order valence-electron chi connectivity index (χ2n) is 4.46. The van der Waals surface area contributed by atoms with Gasteiger partial charge in [0.25, 0.3) is 0 Å². The average molecular weight is 245 g/mol. The van der Waals surface area contributed by atoms with E-state index in [-0.39, 0.29) is 5.43 Å². The molecule has 0 aliphatic carbocycles. The van der Waals surface area contributed by atoms with E-state index in [1.54, 1.807) is 12.1 Å². The summed E-state index contributed by atoms with van der Waals surface area (Å²) < 4.78 is 11.1. The van der Waals surface area contributed by atoms with E-state index in [9.17, 15) is 4.79 Å². The van der Waals surface area contributed by atoms with Crippen molar-refractivity contribution in [3.05, 3.63) is 46.3 Å². The Hall–Kier alpha value is -1.65. The summed E-state index contributed by atoms with van der Waals surface area (Å²) in [5, 5.41) is 0.642. The predicted octanol–water partition coefficient (Wildman–Crippen LogP) is 1.63. The summed E-state index contributed by atoms with van der Waals surface area (Å²) in [6, 6.07) is 8.95. The van der Waals surface area contributed by atoms with Gasteiger partial charge in [0.2, 0.25) is 0 Å². The molecule has 4 heteroatoms. The van der Waals surface area contributed by atoms with Gasteiger partial charge in [0.1, 0.15) is 11.3 Å². The van der Waals surface area contributed by atoms with Crippen molar-refractivity contribution in [3.63, 3.8) is 0 Å². The lowest BCUT2D eigenvalue weighted by Gasteiger charge is -2.25. The maximum Gasteiger partial charge on any atom is 0.192 e. The highest BCUT2D eigenvalue weighted by molar-refractivity contribution is 5.76. The van der Waals surface area contributed by atoms with Crippen LogP contribution in [-0.4, -0.2) is 31.2 Å². The molecule has 0 bridgehead atoms. The first-order chi connectivity index (χ1) is 8.83. The summed E-state index contributed by atoms with van der Waals surface area (Å²) in [4.78, 5) is 14.2. The lowest BCUT2D eigenvalue weighted by atomic mass is 10.2. The molecule has 0 N–H and O–H groups in total. The van der Waals surface area contributed by atoms with Gasteiger partial charge >= 0.3 is 0 Å². The number of benzene rings is 1. The number of fused-ring (bicyclic) bond motifs is 1. The average Bonchev–Trinajstić information content (AvgIpc) is 2.40. The molecule has 0 spiro atoms. The van der Waals surface area contributed by atoms with Crippen molar-refractivity contribution in [3.8, 4) is 0 Å². The van der Waals surface area contributed by atoms with Crippen molar-refractivity contribution < 1.29 is 9.15 Å². The zero-order valence-electron chi connectivity index (χ0n) is 10.1. The fourth-order valence-corrected chi connectivity index (χ4v) is 2.21. The molecule has 94 valence electrons. The Balaban J connectivity index is 1.90. The van der Waals surface area contributed by atoms with E-state index in [1.807, 2.05) is 18.2 Å². The van der Waals surface area contributed by atoms with Gasteiger partial charge in [-0.1, -0.05) is 12.1 Å². The lowest BCUT2D eigenvalue weighted by Crippen LogP contribution is -2.35. The lowest BCUT2D eigenvalue weighted by molar-refractivity contribution is 0.0314. The summed E-state index contributed by atoms with van der Waals surface area (Å²) in [6.45, 7) is 3.94. The molecule has 1 aliphatic rings. The number of morpholine rings is 1. The first-order valence-electron chi connectivity index (χ1n) is 6.15. The highest BCUT2D eigenvalue weighted by Gasteiger charge is 2.13. The highest BCUT2D eigenvalue weighted by Crippen LogP contribution is 2.13. The fourth-order valence-electron chi connectivity index (χ4n) is 2.21. The quantitative estimate of drug-likeness (QED) is 0.806. The van der Waals surface area contributed by atoms with E-state index in [1.165, 1.54) is 0 Å². The molecular formula is C14H15NO3. The van der Waals surface area contributed by atoms with Crippen molar-refractivity contribution in [2.75, 3.05) is 26.3 Å². The molecule has 2 heterocycles. The Kier molecular flexibility index (Phi) is 3.13. The summed E-state index contributed by atoms with van der Waals surface area (Å²) in [6.07, 6.45) is 0. The molecule has 1 fully saturated rings. The number of hydrogen-bond acceptors (Lipinski definition) is 4. The third kappa shape index (κ3) is 2.30. The monoisotopic (exact) mass is 245 g/mol. The van der Waals surface area contributed by atoms with Crippen molar-refractivity contribution in [2.45, 2.75) is 6.54 Å². The van der Waals surface area contributed by atoms with Crippen LogP contribution in [0.1, 0.15) is 5.76 Å². The number of hydrogen-bond donors (Lipinski definition) is 0. The minimum atomic E-state index is 0.0279. The maximum absolute atomic E-state index is 11.9. The van der Waals surface area contributed by atoms with Crippen LogP contribution in [0.5, 0.6) is 0 Å². The van der Waals surface area contributed by atoms with E-state index < -0.39 is 0 Å². The molecule has 1 aromatic heterocycles. The summed E-state index contributed by atoms with van der Waals surface area (Å²) in [5.41, 5.74) is 0.688. The Bertz CT molecular complexity index is 599. The van der Waals surface area contributed by atoms with Crippen LogP contribution in [0.2, 0.25) is 0 Å². The summed E-state index contributed by atoms with van der Waals surface area (Å²) in [7, 11) is 0. The summed E-state index contributed by atoms with van der Waals surface area (Å²) in [5.74, 6) is 0.723. The molecule has 0 atom stereocenters. The number of nitrogens with zero attached hydrogens (tertiary/aromatic N) is 1. The maximum atomic E-state index is 11.9. The van der Waals surface area contributed by atoms with Gasteiger partial charge in [-0.3, -0.25) is 9.69 Å². The van der Waals surface area contributed by atoms with Gasteiger partial charge in [-0.25, -0.2) is 0 Å². The van der Waals surface area contributed by atoms with E-state index >= 15 is 0 Å². The normalized spacial score (nSPS) is 17.1. The number of rotatable bonds is 2. The van der Waals surface area contributed by atoms with Crippen LogP contribution in [0.25, 0.3) is 11.0 Å². The minimum Gasteiger partial charge on any atom is -0.459 e. The van der Waals surface area contributed by atoms with Crippen LogP contribution in [0.4, 0.5) is 0 Å². The van der Waals surface area contributed by atoms with E-state index in [0.29, 0.717) is 17.5 Å². The Morgan fingerprint density at radius 1 is 1.17 bits per heavy atom. The molecular weight excluding hydrogens is 230 g/mol. The van der Waals surface area contributed by atoms with Crippen LogP contribution in [0, 0.1) is 0 Å². The van der Waals surface area contributed by atoms with Gasteiger partial charge in [0, 0.05) is 19.2 Å². The molecule has 0 amide bonds. The molecule has 0 radical (unpaired) electrons. The summed E-state index contributed by atoms with van der Waals surface area (Å²) >= 11 is 0. The molecule has 3 rings (SSSR count). The second kappa shape index (κ2) is 4.92. The molecule has 18 heavy (non-hydrogen) atoms. The largest absolute Gasteiger partial charge is 0.459 e. The molecule has 1 saturated heterocycles. The van der Waals surface area contributed by atoms with E-state index in [0.717, 1.165) is 32.1 Å². The van der Waals surface area contributed by atoms with Gasteiger partial charge in [0.15, 0.2) is 5.43 Å². The number of para-hydroxylation sites is 1. The third-order valence-electron chi connectivity index (χ3n) is 3.17. The Labute approximate surface area is 105 Å². The van der Waals surface area contributed by atoms with Gasteiger partial charge < -0.3 is 9.15 Å². The predicted molar refractivity (Wildman–Crippen MR) is 68.6 cm³/mol. The van der Waals surface area contributed by atoms with Gasteiger partial charge in [-0.2, -0.15) is 0 Å². The molecule has 0 unspecified atom stereocenters. The van der Waals surface area contributed by atoms with Gasteiger partial charge in [-0.15, -0.1) is 0 Å². The molecule has 2 aromatic rings. The highest BCUT2D eigenvalue weighted by atomic mass is 16.5. The number of ether oxygens (including phenoxy) is 1. The zero-order chi connectivity index (χ0) is 12.4. The Morgan fingerprint density at radius 2 is 1.94 bits per heavy atom. The smallest absolute Gasteiger partial charge is 0.192 e. The molecule has 4 nitrogen and oxygen atoms in total. The molecule has 1 aliphatic heterocycles. The van der Waals surface area contributed by atoms with Crippen LogP contribution >= 0.6 is 0 Å². The van der Waals surface area contributed by atoms with Crippen molar-refractivity contribution >= 4 is 11.0 Å². The van der Waals surface area contributed by atoms with Crippen LogP contribution in [0.3, 0.4) is 0 Å². The first kappa shape index (κ1) is 11.4. The van der Waals surface area contributed by atoms with Crippen LogP contribution in [0.15, 0.2) is 39.5 Å². The van der Waals surface area contributed by atoms with Crippen molar-refractivity contribution in [1.29, 1.82) is 0 Å². The van der Waals surface area contributed by atoms with Crippen LogP contribution < -0.4 is 5.43 Å². The van der Waals surface area contributed by atoms with Gasteiger partial charge in [0.05, 0.1) is 25.1 Å². The minimum absolute atomic E-state index is 0.0279. The van der Waals surface area contributed by atoms with Crippen LogP contribution in [-0.2, 0) is 11.3 Å². The Morgan fingerprint density at radius 3 is 2.78 bits per heavy atom.